The van der Waals surface area contributed by atoms with Crippen LogP contribution in [0.2, 0.25) is 0 Å². The van der Waals surface area contributed by atoms with Crippen LogP contribution < -0.4 is 0 Å². The van der Waals surface area contributed by atoms with Gasteiger partial charge in [-0.15, -0.1) is 0 Å². The zero-order valence-corrected chi connectivity index (χ0v) is 14.9. The zero-order valence-electron chi connectivity index (χ0n) is 14.1. The van der Waals surface area contributed by atoms with Gasteiger partial charge in [0.1, 0.15) is 4.90 Å². The number of nitrogens with zero attached hydrogens (tertiary/aromatic N) is 3. The first-order valence-electron chi connectivity index (χ1n) is 8.05. The van der Waals surface area contributed by atoms with Gasteiger partial charge in [-0.05, 0) is 40.5 Å². The van der Waals surface area contributed by atoms with Gasteiger partial charge in [0, 0.05) is 24.8 Å². The highest BCUT2D eigenvalue weighted by Crippen LogP contribution is 2.33. The van der Waals surface area contributed by atoms with Crippen LogP contribution in [0.3, 0.4) is 0 Å². The molecule has 0 bridgehead atoms. The highest BCUT2D eigenvalue weighted by Gasteiger charge is 2.44. The number of carbonyl (C=O) groups excluding carboxylic acids is 1. The van der Waals surface area contributed by atoms with Crippen molar-refractivity contribution in [1.82, 2.24) is 14.1 Å². The van der Waals surface area contributed by atoms with Gasteiger partial charge in [0.15, 0.2) is 0 Å². The maximum atomic E-state index is 13.0. The van der Waals surface area contributed by atoms with Crippen LogP contribution in [0.5, 0.6) is 0 Å². The number of carbonyl (C=O) groups is 1. The molecule has 2 rings (SSSR count). The first-order valence-corrected chi connectivity index (χ1v) is 9.49. The van der Waals surface area contributed by atoms with Crippen LogP contribution in [0, 0.1) is 5.92 Å². The van der Waals surface area contributed by atoms with Crippen molar-refractivity contribution in [2.24, 2.45) is 5.92 Å². The predicted octanol–water partition coefficient (Wildman–Crippen LogP) is 1.64. The number of rotatable bonds is 5. The number of sulfonamides is 1. The molecule has 0 unspecified atom stereocenters. The highest BCUT2D eigenvalue weighted by atomic mass is 32.2. The van der Waals surface area contributed by atoms with Crippen molar-refractivity contribution in [3.63, 3.8) is 0 Å². The summed E-state index contributed by atoms with van der Waals surface area (Å²) in [7, 11) is -3.69. The first-order chi connectivity index (χ1) is 10.8. The summed E-state index contributed by atoms with van der Waals surface area (Å²) >= 11 is 0. The predicted molar refractivity (Wildman–Crippen MR) is 85.2 cm³/mol. The van der Waals surface area contributed by atoms with Crippen molar-refractivity contribution < 1.29 is 17.9 Å². The molecule has 1 aromatic heterocycles. The molecule has 3 atom stereocenters. The third-order valence-electron chi connectivity index (χ3n) is 4.41. The summed E-state index contributed by atoms with van der Waals surface area (Å²) < 4.78 is 34.1. The number of hydrogen-bond acceptors (Lipinski definition) is 5. The molecule has 23 heavy (non-hydrogen) atoms. The fourth-order valence-electron chi connectivity index (χ4n) is 3.16. The Bertz CT molecular complexity index is 655. The van der Waals surface area contributed by atoms with E-state index in [1.54, 1.807) is 18.5 Å². The van der Waals surface area contributed by atoms with Crippen molar-refractivity contribution >= 4 is 16.0 Å². The summed E-state index contributed by atoms with van der Waals surface area (Å²) in [5.41, 5.74) is 0. The van der Waals surface area contributed by atoms with Crippen molar-refractivity contribution in [2.45, 2.75) is 64.1 Å². The Balaban J connectivity index is 2.32. The summed E-state index contributed by atoms with van der Waals surface area (Å²) in [6.45, 7) is 8.20. The molecule has 0 aliphatic carbocycles. The molecule has 2 heterocycles. The molecule has 1 fully saturated rings. The van der Waals surface area contributed by atoms with E-state index >= 15 is 0 Å². The van der Waals surface area contributed by atoms with E-state index in [4.69, 9.17) is 4.74 Å². The van der Waals surface area contributed by atoms with Crippen molar-refractivity contribution in [3.05, 3.63) is 12.4 Å². The smallest absolute Gasteiger partial charge is 0.310 e. The molecule has 130 valence electrons. The molecular weight excluding hydrogens is 318 g/mol. The summed E-state index contributed by atoms with van der Waals surface area (Å²) in [5, 5.41) is 4.05. The number of aromatic nitrogens is 2. The standard InChI is InChI=1S/C15H25N3O4S/c1-5-17-10-13(9-16-17)23(20,21)18-11(3)7-8-14(12(18)4)15(19)22-6-2/h9-12,14H,5-8H2,1-4H3/t11-,12+,14+/m0/s1. The third-order valence-corrected chi connectivity index (χ3v) is 6.47. The lowest BCUT2D eigenvalue weighted by molar-refractivity contribution is -0.151. The third kappa shape index (κ3) is 3.42. The van der Waals surface area contributed by atoms with Gasteiger partial charge in [-0.3, -0.25) is 9.48 Å². The van der Waals surface area contributed by atoms with Gasteiger partial charge in [0.25, 0.3) is 0 Å². The molecule has 8 heteroatoms. The maximum absolute atomic E-state index is 13.0. The largest absolute Gasteiger partial charge is 0.466 e. The van der Waals surface area contributed by atoms with E-state index in [-0.39, 0.29) is 16.9 Å². The average molecular weight is 343 g/mol. The Morgan fingerprint density at radius 2 is 2.04 bits per heavy atom. The van der Waals surface area contributed by atoms with Crippen molar-refractivity contribution in [3.8, 4) is 0 Å². The molecule has 1 saturated heterocycles. The van der Waals surface area contributed by atoms with E-state index in [1.165, 1.54) is 16.7 Å². The van der Waals surface area contributed by atoms with Gasteiger partial charge in [0.05, 0.1) is 18.7 Å². The topological polar surface area (TPSA) is 81.5 Å². The molecule has 0 radical (unpaired) electrons. The van der Waals surface area contributed by atoms with E-state index in [1.807, 2.05) is 13.8 Å². The van der Waals surface area contributed by atoms with Crippen LogP contribution in [0.15, 0.2) is 17.3 Å². The SMILES string of the molecule is CCOC(=O)[C@@H]1CC[C@H](C)N(S(=O)(=O)c2cnn(CC)c2)[C@@H]1C. The Hall–Kier alpha value is -1.41. The summed E-state index contributed by atoms with van der Waals surface area (Å²) in [5.74, 6) is -0.751. The summed E-state index contributed by atoms with van der Waals surface area (Å²) in [6, 6.07) is -0.599. The molecule has 0 N–H and O–H groups in total. The Morgan fingerprint density at radius 1 is 1.35 bits per heavy atom. The first kappa shape index (κ1) is 17.9. The second-order valence-corrected chi connectivity index (χ2v) is 7.74. The molecule has 0 aromatic carbocycles. The summed E-state index contributed by atoms with van der Waals surface area (Å²) in [4.78, 5) is 12.3. The zero-order chi connectivity index (χ0) is 17.2. The van der Waals surface area contributed by atoms with Crippen LogP contribution in [0.1, 0.15) is 40.5 Å². The lowest BCUT2D eigenvalue weighted by Gasteiger charge is -2.41. The van der Waals surface area contributed by atoms with Gasteiger partial charge < -0.3 is 4.74 Å². The van der Waals surface area contributed by atoms with Crippen LogP contribution in [-0.4, -0.2) is 47.2 Å². The number of ether oxygens (including phenoxy) is 1. The van der Waals surface area contributed by atoms with Crippen LogP contribution >= 0.6 is 0 Å². The van der Waals surface area contributed by atoms with E-state index < -0.39 is 22.0 Å². The van der Waals surface area contributed by atoms with Gasteiger partial charge in [-0.25, -0.2) is 8.42 Å². The van der Waals surface area contributed by atoms with Crippen LogP contribution in [0.25, 0.3) is 0 Å². The quantitative estimate of drug-likeness (QED) is 0.759. The number of aryl methyl sites for hydroxylation is 1. The Kier molecular flexibility index (Phi) is 5.46. The minimum Gasteiger partial charge on any atom is -0.466 e. The molecule has 0 amide bonds. The summed E-state index contributed by atoms with van der Waals surface area (Å²) in [6.07, 6.45) is 4.17. The van der Waals surface area contributed by atoms with E-state index in [0.29, 0.717) is 26.0 Å². The normalized spacial score (nSPS) is 26.2. The molecule has 1 aliphatic heterocycles. The fourth-order valence-corrected chi connectivity index (χ4v) is 5.00. The molecule has 1 aliphatic rings. The molecule has 0 saturated carbocycles. The molecular formula is C15H25N3O4S. The van der Waals surface area contributed by atoms with E-state index in [0.717, 1.165) is 0 Å². The maximum Gasteiger partial charge on any atom is 0.310 e. The fraction of sp³-hybridized carbons (Fsp3) is 0.733. The monoisotopic (exact) mass is 343 g/mol. The van der Waals surface area contributed by atoms with Gasteiger partial charge in [-0.1, -0.05) is 0 Å². The number of hydrogen-bond donors (Lipinski definition) is 0. The Morgan fingerprint density at radius 3 is 2.61 bits per heavy atom. The van der Waals surface area contributed by atoms with E-state index in [2.05, 4.69) is 5.10 Å². The Labute approximate surface area is 137 Å². The lowest BCUT2D eigenvalue weighted by atomic mass is 9.89. The minimum absolute atomic E-state index is 0.161. The second kappa shape index (κ2) is 7.00. The van der Waals surface area contributed by atoms with Crippen molar-refractivity contribution in [1.29, 1.82) is 0 Å². The number of esters is 1. The highest BCUT2D eigenvalue weighted by molar-refractivity contribution is 7.89. The average Bonchev–Trinajstić information content (AvgIpc) is 2.97. The van der Waals surface area contributed by atoms with Gasteiger partial charge in [-0.2, -0.15) is 9.40 Å². The van der Waals surface area contributed by atoms with Crippen LogP contribution in [-0.2, 0) is 26.1 Å². The second-order valence-electron chi connectivity index (χ2n) is 5.89. The molecule has 1 aromatic rings. The lowest BCUT2D eigenvalue weighted by Crippen LogP contribution is -2.53. The minimum atomic E-state index is -3.69. The van der Waals surface area contributed by atoms with Gasteiger partial charge >= 0.3 is 5.97 Å². The van der Waals surface area contributed by atoms with E-state index in [9.17, 15) is 13.2 Å². The molecule has 7 nitrogen and oxygen atoms in total. The van der Waals surface area contributed by atoms with Crippen molar-refractivity contribution in [2.75, 3.05) is 6.61 Å². The van der Waals surface area contributed by atoms with Gasteiger partial charge in [0.2, 0.25) is 10.0 Å². The molecule has 0 spiro atoms. The number of piperidine rings is 1. The van der Waals surface area contributed by atoms with Crippen LogP contribution in [0.4, 0.5) is 0 Å².